The minimum Gasteiger partial charge on any atom is -0.440 e. The van der Waals surface area contributed by atoms with Gasteiger partial charge in [0, 0.05) is 25.4 Å². The predicted octanol–water partition coefficient (Wildman–Crippen LogP) is 4.54. The zero-order valence-electron chi connectivity index (χ0n) is 20.7. The lowest BCUT2D eigenvalue weighted by molar-refractivity contribution is 0.252. The number of urea groups is 1. The first-order valence-corrected chi connectivity index (χ1v) is 11.6. The number of aromatic amines is 1. The number of nitrogens with one attached hydrogen (secondary N) is 3. The summed E-state index contributed by atoms with van der Waals surface area (Å²) in [6, 6.07) is 7.01. The van der Waals surface area contributed by atoms with Crippen LogP contribution in [-0.4, -0.2) is 51.1 Å². The zero-order valence-corrected chi connectivity index (χ0v) is 20.7. The lowest BCUT2D eigenvalue weighted by Gasteiger charge is -2.10. The van der Waals surface area contributed by atoms with Gasteiger partial charge in [0.1, 0.15) is 11.3 Å². The van der Waals surface area contributed by atoms with Crippen LogP contribution in [0.2, 0.25) is 0 Å². The standard InChI is InChI=1S/C25H31N7O3.CH4/c1-6-26-25(34)30-24-28-20-10-17(16-7-8-32(13-15(2)3)21(33)11-16)9-19(22(20)29-24)23-27-12-18(35-23)14-31(4)5;/h7-12,15H,6,13-14H2,1-5H3,(H3,26,28,29,30,34);1H4. The lowest BCUT2D eigenvalue weighted by Crippen LogP contribution is -2.28. The number of H-pyrrole nitrogens is 1. The van der Waals surface area contributed by atoms with Crippen molar-refractivity contribution in [1.29, 1.82) is 0 Å². The maximum atomic E-state index is 12.7. The van der Waals surface area contributed by atoms with Gasteiger partial charge in [-0.2, -0.15) is 0 Å². The number of nitrogens with zero attached hydrogens (tertiary/aromatic N) is 4. The molecule has 0 radical (unpaired) electrons. The van der Waals surface area contributed by atoms with Gasteiger partial charge in [0.15, 0.2) is 0 Å². The van der Waals surface area contributed by atoms with Crippen LogP contribution in [0.4, 0.5) is 10.7 Å². The number of hydrogen-bond donors (Lipinski definition) is 3. The number of rotatable bonds is 8. The monoisotopic (exact) mass is 493 g/mol. The summed E-state index contributed by atoms with van der Waals surface area (Å²) in [5.74, 6) is 1.80. The van der Waals surface area contributed by atoms with Crippen LogP contribution in [0, 0.1) is 5.92 Å². The molecule has 0 saturated heterocycles. The van der Waals surface area contributed by atoms with Crippen LogP contribution < -0.4 is 16.2 Å². The Kier molecular flexibility index (Phi) is 8.31. The number of anilines is 1. The van der Waals surface area contributed by atoms with E-state index in [4.69, 9.17) is 4.42 Å². The normalized spacial score (nSPS) is 11.2. The maximum absolute atomic E-state index is 12.7. The van der Waals surface area contributed by atoms with Crippen LogP contribution >= 0.6 is 0 Å². The molecule has 0 bridgehead atoms. The Balaban J connectivity index is 0.00000361. The molecular weight excluding hydrogens is 458 g/mol. The summed E-state index contributed by atoms with van der Waals surface area (Å²) in [6.45, 7) is 7.75. The van der Waals surface area contributed by atoms with Gasteiger partial charge < -0.3 is 24.2 Å². The molecule has 3 aromatic heterocycles. The van der Waals surface area contributed by atoms with E-state index in [2.05, 4.69) is 39.4 Å². The number of hydrogen-bond acceptors (Lipinski definition) is 6. The first-order valence-electron chi connectivity index (χ1n) is 11.6. The maximum Gasteiger partial charge on any atom is 0.321 e. The molecule has 2 amide bonds. The molecule has 3 N–H and O–H groups in total. The molecule has 4 rings (SSSR count). The molecule has 0 aliphatic carbocycles. The Morgan fingerprint density at radius 2 is 2.00 bits per heavy atom. The number of carbonyl (C=O) groups is 1. The largest absolute Gasteiger partial charge is 0.440 e. The van der Waals surface area contributed by atoms with Crippen LogP contribution in [0.15, 0.2) is 45.9 Å². The van der Waals surface area contributed by atoms with Crippen LogP contribution in [-0.2, 0) is 13.1 Å². The number of imidazole rings is 1. The Morgan fingerprint density at radius 1 is 1.22 bits per heavy atom. The number of oxazole rings is 1. The Hall–Kier alpha value is -3.92. The SMILES string of the molecule is C.CCNC(=O)Nc1nc2c(-c3ncc(CN(C)C)o3)cc(-c3ccn(CC(C)C)c(=O)c3)cc2[nH]1. The fourth-order valence-corrected chi connectivity index (χ4v) is 3.87. The molecule has 3 heterocycles. The summed E-state index contributed by atoms with van der Waals surface area (Å²) in [5, 5.41) is 5.39. The van der Waals surface area contributed by atoms with Crippen molar-refractivity contribution in [2.45, 2.75) is 41.3 Å². The summed E-state index contributed by atoms with van der Waals surface area (Å²) in [5.41, 5.74) is 3.46. The van der Waals surface area contributed by atoms with Gasteiger partial charge in [-0.15, -0.1) is 0 Å². The summed E-state index contributed by atoms with van der Waals surface area (Å²) in [4.78, 5) is 38.9. The minimum absolute atomic E-state index is 0. The number of benzene rings is 1. The van der Waals surface area contributed by atoms with Crippen molar-refractivity contribution >= 4 is 23.0 Å². The van der Waals surface area contributed by atoms with E-state index in [1.807, 2.05) is 50.3 Å². The zero-order chi connectivity index (χ0) is 25.1. The molecule has 36 heavy (non-hydrogen) atoms. The minimum atomic E-state index is -0.355. The number of aromatic nitrogens is 4. The van der Waals surface area contributed by atoms with Crippen molar-refractivity contribution in [2.75, 3.05) is 26.0 Å². The van der Waals surface area contributed by atoms with Crippen molar-refractivity contribution in [3.8, 4) is 22.6 Å². The second kappa shape index (κ2) is 11.2. The summed E-state index contributed by atoms with van der Waals surface area (Å²) in [7, 11) is 3.91. The van der Waals surface area contributed by atoms with Gasteiger partial charge in [-0.3, -0.25) is 10.1 Å². The van der Waals surface area contributed by atoms with Crippen LogP contribution in [0.25, 0.3) is 33.6 Å². The summed E-state index contributed by atoms with van der Waals surface area (Å²) in [6.07, 6.45) is 3.51. The van der Waals surface area contributed by atoms with Crippen molar-refractivity contribution in [3.63, 3.8) is 0 Å². The third-order valence-corrected chi connectivity index (χ3v) is 5.30. The van der Waals surface area contributed by atoms with E-state index in [1.54, 1.807) is 16.8 Å². The Bertz CT molecular complexity index is 1400. The molecule has 0 atom stereocenters. The van der Waals surface area contributed by atoms with E-state index >= 15 is 0 Å². The van der Waals surface area contributed by atoms with E-state index in [9.17, 15) is 9.59 Å². The molecule has 10 heteroatoms. The molecule has 0 unspecified atom stereocenters. The molecule has 0 aliphatic rings. The van der Waals surface area contributed by atoms with Crippen LogP contribution in [0.1, 0.15) is 34.0 Å². The molecule has 0 aliphatic heterocycles. The molecular formula is C26H35N7O3. The van der Waals surface area contributed by atoms with Gasteiger partial charge in [-0.05, 0) is 56.3 Å². The second-order valence-electron chi connectivity index (χ2n) is 9.16. The highest BCUT2D eigenvalue weighted by molar-refractivity contribution is 5.97. The molecule has 4 aromatic rings. The third-order valence-electron chi connectivity index (χ3n) is 5.30. The summed E-state index contributed by atoms with van der Waals surface area (Å²) < 4.78 is 7.73. The smallest absolute Gasteiger partial charge is 0.321 e. The van der Waals surface area contributed by atoms with Gasteiger partial charge in [0.05, 0.1) is 23.8 Å². The Morgan fingerprint density at radius 3 is 2.67 bits per heavy atom. The predicted molar refractivity (Wildman–Crippen MR) is 143 cm³/mol. The van der Waals surface area contributed by atoms with Crippen molar-refractivity contribution in [1.82, 2.24) is 29.7 Å². The van der Waals surface area contributed by atoms with Gasteiger partial charge in [-0.1, -0.05) is 21.3 Å². The third kappa shape index (κ3) is 6.01. The first-order chi connectivity index (χ1) is 16.7. The molecule has 10 nitrogen and oxygen atoms in total. The van der Waals surface area contributed by atoms with Crippen LogP contribution in [0.3, 0.4) is 0 Å². The van der Waals surface area contributed by atoms with Gasteiger partial charge in [-0.25, -0.2) is 14.8 Å². The Labute approximate surface area is 210 Å². The highest BCUT2D eigenvalue weighted by Crippen LogP contribution is 2.33. The van der Waals surface area contributed by atoms with Crippen molar-refractivity contribution in [3.05, 3.63) is 52.8 Å². The molecule has 0 fully saturated rings. The van der Waals surface area contributed by atoms with E-state index < -0.39 is 0 Å². The molecule has 192 valence electrons. The fourth-order valence-electron chi connectivity index (χ4n) is 3.87. The van der Waals surface area contributed by atoms with Crippen LogP contribution in [0.5, 0.6) is 0 Å². The van der Waals surface area contributed by atoms with Crippen molar-refractivity contribution in [2.24, 2.45) is 5.92 Å². The quantitative estimate of drug-likeness (QED) is 0.331. The summed E-state index contributed by atoms with van der Waals surface area (Å²) >= 11 is 0. The van der Waals surface area contributed by atoms with E-state index in [0.29, 0.717) is 54.0 Å². The number of fused-ring (bicyclic) bond motifs is 1. The van der Waals surface area contributed by atoms with E-state index in [0.717, 1.165) is 16.9 Å². The number of pyridine rings is 1. The molecule has 1 aromatic carbocycles. The lowest BCUT2D eigenvalue weighted by atomic mass is 10.0. The molecule has 0 spiro atoms. The van der Waals surface area contributed by atoms with Gasteiger partial charge >= 0.3 is 6.03 Å². The average Bonchev–Trinajstić information content (AvgIpc) is 3.40. The fraction of sp³-hybridized carbons (Fsp3) is 0.385. The topological polar surface area (TPSA) is 121 Å². The van der Waals surface area contributed by atoms with Gasteiger partial charge in [0.25, 0.3) is 5.56 Å². The highest BCUT2D eigenvalue weighted by atomic mass is 16.4. The highest BCUT2D eigenvalue weighted by Gasteiger charge is 2.18. The number of carbonyl (C=O) groups excluding carboxylic acids is 1. The second-order valence-corrected chi connectivity index (χ2v) is 9.16. The van der Waals surface area contributed by atoms with E-state index in [-0.39, 0.29) is 19.0 Å². The van der Waals surface area contributed by atoms with E-state index in [1.165, 1.54) is 0 Å². The van der Waals surface area contributed by atoms with Gasteiger partial charge in [0.2, 0.25) is 11.8 Å². The van der Waals surface area contributed by atoms with Crippen molar-refractivity contribution < 1.29 is 9.21 Å². The first kappa shape index (κ1) is 26.7. The number of amides is 2. The molecule has 0 saturated carbocycles. The average molecular weight is 494 g/mol.